The third-order valence-electron chi connectivity index (χ3n) is 6.44. The number of carboxylic acid groups (broad SMARTS) is 1. The van der Waals surface area contributed by atoms with Crippen LogP contribution < -0.4 is 0 Å². The molecule has 0 atom stereocenters. The van der Waals surface area contributed by atoms with Crippen molar-refractivity contribution in [2.24, 2.45) is 0 Å². The van der Waals surface area contributed by atoms with Crippen molar-refractivity contribution in [2.75, 3.05) is 13.7 Å². The first-order chi connectivity index (χ1) is 15.6. The van der Waals surface area contributed by atoms with Gasteiger partial charge < -0.3 is 14.4 Å². The number of hydrogen-bond donors (Lipinski definition) is 1. The molecule has 0 spiro atoms. The number of unbranched alkanes of at least 4 members (excludes halogenated alkanes) is 2. The van der Waals surface area contributed by atoms with Crippen LogP contribution in [0.3, 0.4) is 0 Å². The number of benzene rings is 1. The number of carboxylic acids is 1. The molecule has 1 fully saturated rings. The number of carbonyl (C=O) groups is 1. The van der Waals surface area contributed by atoms with Gasteiger partial charge in [0, 0.05) is 44.5 Å². The molecular formula is C27H34N2O3. The minimum Gasteiger partial charge on any atom is -0.478 e. The minimum absolute atomic E-state index is 0.340. The summed E-state index contributed by atoms with van der Waals surface area (Å²) in [6, 6.07) is 8.47. The molecule has 1 aliphatic carbocycles. The van der Waals surface area contributed by atoms with Gasteiger partial charge in [0.2, 0.25) is 0 Å². The molecule has 2 aromatic heterocycles. The first-order valence-electron chi connectivity index (χ1n) is 11.9. The van der Waals surface area contributed by atoms with Crippen molar-refractivity contribution in [3.63, 3.8) is 0 Å². The predicted molar refractivity (Wildman–Crippen MR) is 128 cm³/mol. The van der Waals surface area contributed by atoms with Crippen molar-refractivity contribution in [1.82, 2.24) is 9.55 Å². The largest absolute Gasteiger partial charge is 0.478 e. The molecule has 32 heavy (non-hydrogen) atoms. The van der Waals surface area contributed by atoms with Crippen LogP contribution in [0.5, 0.6) is 0 Å². The van der Waals surface area contributed by atoms with Crippen molar-refractivity contribution < 1.29 is 14.6 Å². The number of aryl methyl sites for hydroxylation is 2. The van der Waals surface area contributed by atoms with E-state index in [9.17, 15) is 9.90 Å². The zero-order valence-corrected chi connectivity index (χ0v) is 19.3. The van der Waals surface area contributed by atoms with Gasteiger partial charge in [-0.25, -0.2) is 4.79 Å². The molecule has 1 aliphatic rings. The third kappa shape index (κ3) is 5.21. The Morgan fingerprint density at radius 1 is 1.22 bits per heavy atom. The number of pyridine rings is 1. The van der Waals surface area contributed by atoms with Gasteiger partial charge in [-0.05, 0) is 72.9 Å². The second-order valence-corrected chi connectivity index (χ2v) is 9.02. The van der Waals surface area contributed by atoms with Crippen LogP contribution in [0.1, 0.15) is 84.1 Å². The molecule has 2 heterocycles. The van der Waals surface area contributed by atoms with Crippen LogP contribution in [0.2, 0.25) is 0 Å². The summed E-state index contributed by atoms with van der Waals surface area (Å²) in [4.78, 5) is 16.5. The molecule has 0 saturated heterocycles. The lowest BCUT2D eigenvalue weighted by molar-refractivity contribution is 0.0695. The van der Waals surface area contributed by atoms with Gasteiger partial charge in [0.1, 0.15) is 0 Å². The summed E-state index contributed by atoms with van der Waals surface area (Å²) in [6.45, 7) is 3.99. The molecule has 170 valence electrons. The highest BCUT2D eigenvalue weighted by Crippen LogP contribution is 2.40. The van der Waals surface area contributed by atoms with Crippen molar-refractivity contribution in [3.05, 3.63) is 64.6 Å². The lowest BCUT2D eigenvalue weighted by Crippen LogP contribution is -2.07. The van der Waals surface area contributed by atoms with Gasteiger partial charge >= 0.3 is 5.97 Å². The molecule has 1 saturated carbocycles. The molecular weight excluding hydrogens is 400 g/mol. The van der Waals surface area contributed by atoms with E-state index in [-0.39, 0.29) is 0 Å². The fourth-order valence-electron chi connectivity index (χ4n) is 4.60. The van der Waals surface area contributed by atoms with E-state index in [0.29, 0.717) is 23.6 Å². The van der Waals surface area contributed by atoms with Crippen LogP contribution in [0.25, 0.3) is 10.9 Å². The SMILES string of the molecule is CCCCCn1ccc2cc(Cc3ncc(C4CC4)cc3C(=O)O)cc(CCCOC)c21. The van der Waals surface area contributed by atoms with E-state index in [1.165, 1.54) is 35.7 Å². The molecule has 4 rings (SSSR count). The number of hydrogen-bond acceptors (Lipinski definition) is 3. The topological polar surface area (TPSA) is 64.4 Å². The average molecular weight is 435 g/mol. The van der Waals surface area contributed by atoms with E-state index in [1.54, 1.807) is 7.11 Å². The van der Waals surface area contributed by atoms with Gasteiger partial charge in [-0.2, -0.15) is 0 Å². The number of nitrogens with zero attached hydrogens (tertiary/aromatic N) is 2. The number of methoxy groups -OCH3 is 1. The van der Waals surface area contributed by atoms with Crippen LogP contribution in [-0.2, 0) is 24.1 Å². The molecule has 0 radical (unpaired) electrons. The van der Waals surface area contributed by atoms with Crippen molar-refractivity contribution in [2.45, 2.75) is 70.8 Å². The Labute approximate surface area is 190 Å². The molecule has 1 aromatic carbocycles. The molecule has 0 aliphatic heterocycles. The highest BCUT2D eigenvalue weighted by Gasteiger charge is 2.26. The van der Waals surface area contributed by atoms with Gasteiger partial charge in [0.05, 0.1) is 16.8 Å². The Balaban J connectivity index is 1.66. The first kappa shape index (κ1) is 22.5. The van der Waals surface area contributed by atoms with Crippen LogP contribution in [0.15, 0.2) is 36.7 Å². The Morgan fingerprint density at radius 2 is 2.06 bits per heavy atom. The van der Waals surface area contributed by atoms with E-state index in [4.69, 9.17) is 4.74 Å². The Morgan fingerprint density at radius 3 is 2.78 bits per heavy atom. The number of aromatic carboxylic acids is 1. The first-order valence-corrected chi connectivity index (χ1v) is 11.9. The van der Waals surface area contributed by atoms with Gasteiger partial charge in [-0.1, -0.05) is 25.8 Å². The zero-order chi connectivity index (χ0) is 22.5. The quantitative estimate of drug-likeness (QED) is 0.357. The second-order valence-electron chi connectivity index (χ2n) is 9.02. The van der Waals surface area contributed by atoms with Crippen LogP contribution in [0, 0.1) is 0 Å². The van der Waals surface area contributed by atoms with E-state index in [2.05, 4.69) is 40.9 Å². The Kier molecular flexibility index (Phi) is 7.26. The lowest BCUT2D eigenvalue weighted by Gasteiger charge is -2.13. The van der Waals surface area contributed by atoms with Gasteiger partial charge in [-0.3, -0.25) is 4.98 Å². The molecule has 5 heteroatoms. The van der Waals surface area contributed by atoms with Crippen LogP contribution >= 0.6 is 0 Å². The molecule has 0 bridgehead atoms. The fourth-order valence-corrected chi connectivity index (χ4v) is 4.60. The summed E-state index contributed by atoms with van der Waals surface area (Å²) in [5.41, 5.74) is 5.77. The van der Waals surface area contributed by atoms with E-state index in [0.717, 1.165) is 50.0 Å². The minimum atomic E-state index is -0.890. The highest BCUT2D eigenvalue weighted by atomic mass is 16.5. The third-order valence-corrected chi connectivity index (χ3v) is 6.44. The van der Waals surface area contributed by atoms with Gasteiger partial charge in [0.15, 0.2) is 0 Å². The Bertz CT molecular complexity index is 1080. The number of ether oxygens (including phenoxy) is 1. The standard InChI is InChI=1S/C27H34N2O3/c1-3-4-5-11-29-12-10-22-15-19(14-21(26(22)29)7-6-13-32-2)16-25-24(27(30)31)17-23(18-28-25)20-8-9-20/h10,12,14-15,17-18,20H,3-9,11,13,16H2,1-2H3,(H,30,31). The zero-order valence-electron chi connectivity index (χ0n) is 19.3. The average Bonchev–Trinajstić information content (AvgIpc) is 3.55. The smallest absolute Gasteiger partial charge is 0.337 e. The summed E-state index contributed by atoms with van der Waals surface area (Å²) >= 11 is 0. The van der Waals surface area contributed by atoms with Crippen molar-refractivity contribution in [3.8, 4) is 0 Å². The maximum absolute atomic E-state index is 11.9. The molecule has 3 aromatic rings. The predicted octanol–water partition coefficient (Wildman–Crippen LogP) is 5.97. The monoisotopic (exact) mass is 434 g/mol. The van der Waals surface area contributed by atoms with Gasteiger partial charge in [-0.15, -0.1) is 0 Å². The van der Waals surface area contributed by atoms with E-state index >= 15 is 0 Å². The molecule has 0 amide bonds. The van der Waals surface area contributed by atoms with Crippen LogP contribution in [0.4, 0.5) is 0 Å². The summed E-state index contributed by atoms with van der Waals surface area (Å²) < 4.78 is 7.67. The van der Waals surface area contributed by atoms with Crippen LogP contribution in [-0.4, -0.2) is 34.3 Å². The molecule has 1 N–H and O–H groups in total. The van der Waals surface area contributed by atoms with Crippen molar-refractivity contribution in [1.29, 1.82) is 0 Å². The van der Waals surface area contributed by atoms with Gasteiger partial charge in [0.25, 0.3) is 0 Å². The number of fused-ring (bicyclic) bond motifs is 1. The summed E-state index contributed by atoms with van der Waals surface area (Å²) in [6.07, 6.45) is 12.4. The summed E-state index contributed by atoms with van der Waals surface area (Å²) in [7, 11) is 1.74. The maximum Gasteiger partial charge on any atom is 0.337 e. The molecule has 5 nitrogen and oxygen atoms in total. The normalized spacial score (nSPS) is 13.7. The number of aromatic nitrogens is 2. The maximum atomic E-state index is 11.9. The van der Waals surface area contributed by atoms with E-state index in [1.807, 2.05) is 12.3 Å². The second kappa shape index (κ2) is 10.3. The molecule has 0 unspecified atom stereocenters. The van der Waals surface area contributed by atoms with Crippen molar-refractivity contribution >= 4 is 16.9 Å². The highest BCUT2D eigenvalue weighted by molar-refractivity contribution is 5.89. The fraction of sp³-hybridized carbons (Fsp3) is 0.481. The number of rotatable bonds is 12. The lowest BCUT2D eigenvalue weighted by atomic mass is 9.97. The Hall–Kier alpha value is -2.66. The summed E-state index contributed by atoms with van der Waals surface area (Å²) in [5, 5.41) is 11.0. The van der Waals surface area contributed by atoms with E-state index < -0.39 is 5.97 Å². The summed E-state index contributed by atoms with van der Waals surface area (Å²) in [5.74, 6) is -0.399.